The lowest BCUT2D eigenvalue weighted by atomic mass is 10.2. The van der Waals surface area contributed by atoms with Crippen molar-refractivity contribution in [2.45, 2.75) is 38.3 Å². The molecule has 1 aromatic rings. The van der Waals surface area contributed by atoms with Gasteiger partial charge in [-0.3, -0.25) is 4.79 Å². The number of nitrogens with zero attached hydrogens (tertiary/aromatic N) is 3. The zero-order chi connectivity index (χ0) is 12.5. The normalized spacial score (nSPS) is 26.4. The molecule has 0 aliphatic carbocycles. The third-order valence-electron chi connectivity index (χ3n) is 3.75. The first-order chi connectivity index (χ1) is 8.79. The van der Waals surface area contributed by atoms with Crippen molar-refractivity contribution in [3.63, 3.8) is 0 Å². The lowest BCUT2D eigenvalue weighted by Crippen LogP contribution is -2.46. The van der Waals surface area contributed by atoms with Crippen LogP contribution in [0.5, 0.6) is 0 Å². The molecule has 0 aromatic carbocycles. The van der Waals surface area contributed by atoms with Crippen molar-refractivity contribution in [2.75, 3.05) is 18.1 Å². The van der Waals surface area contributed by atoms with Gasteiger partial charge in [0.1, 0.15) is 0 Å². The molecule has 2 saturated heterocycles. The van der Waals surface area contributed by atoms with Gasteiger partial charge in [-0.25, -0.2) is 9.97 Å². The van der Waals surface area contributed by atoms with E-state index in [0.29, 0.717) is 24.1 Å². The van der Waals surface area contributed by atoms with Crippen molar-refractivity contribution in [1.29, 1.82) is 0 Å². The molecule has 3 heterocycles. The predicted molar refractivity (Wildman–Crippen MR) is 66.8 cm³/mol. The Hall–Kier alpha value is -1.49. The summed E-state index contributed by atoms with van der Waals surface area (Å²) < 4.78 is 5.54. The summed E-state index contributed by atoms with van der Waals surface area (Å²) >= 11 is 0. The van der Waals surface area contributed by atoms with Gasteiger partial charge < -0.3 is 9.64 Å². The zero-order valence-electron chi connectivity index (χ0n) is 10.5. The smallest absolute Gasteiger partial charge is 0.225 e. The van der Waals surface area contributed by atoms with Crippen molar-refractivity contribution < 1.29 is 9.53 Å². The maximum atomic E-state index is 11.5. The van der Waals surface area contributed by atoms with Crippen molar-refractivity contribution in [3.05, 3.63) is 18.0 Å². The molecule has 1 aromatic heterocycles. The quantitative estimate of drug-likeness (QED) is 0.756. The number of Topliss-reactive ketones (excluding diaryl/α,β-unsaturated/α-hetero) is 1. The molecule has 3 rings (SSSR count). The van der Waals surface area contributed by atoms with Crippen LogP contribution in [0.2, 0.25) is 0 Å². The molecule has 5 nitrogen and oxygen atoms in total. The average Bonchev–Trinajstić information content (AvgIpc) is 2.67. The van der Waals surface area contributed by atoms with Crippen molar-refractivity contribution in [3.8, 4) is 0 Å². The van der Waals surface area contributed by atoms with Crippen LogP contribution in [-0.4, -0.2) is 41.0 Å². The van der Waals surface area contributed by atoms with Gasteiger partial charge >= 0.3 is 0 Å². The van der Waals surface area contributed by atoms with Crippen LogP contribution in [-0.2, 0) is 4.74 Å². The first-order valence-corrected chi connectivity index (χ1v) is 6.51. The van der Waals surface area contributed by atoms with Crippen molar-refractivity contribution in [1.82, 2.24) is 9.97 Å². The van der Waals surface area contributed by atoms with E-state index >= 15 is 0 Å². The van der Waals surface area contributed by atoms with E-state index in [-0.39, 0.29) is 5.78 Å². The fourth-order valence-corrected chi connectivity index (χ4v) is 2.76. The first kappa shape index (κ1) is 11.6. The summed E-state index contributed by atoms with van der Waals surface area (Å²) in [6, 6.07) is 0.799. The number of carbonyl (C=O) groups is 1. The Balaban J connectivity index is 1.83. The van der Waals surface area contributed by atoms with E-state index in [9.17, 15) is 4.79 Å². The Morgan fingerprint density at radius 3 is 2.50 bits per heavy atom. The van der Waals surface area contributed by atoms with Gasteiger partial charge in [0.2, 0.25) is 5.95 Å². The minimum Gasteiger partial charge on any atom is -0.377 e. The van der Waals surface area contributed by atoms with Gasteiger partial charge in [0.25, 0.3) is 0 Å². The Labute approximate surface area is 106 Å². The molecule has 0 N–H and O–H groups in total. The van der Waals surface area contributed by atoms with Gasteiger partial charge in [-0.1, -0.05) is 6.92 Å². The van der Waals surface area contributed by atoms with Gasteiger partial charge in [-0.05, 0) is 12.8 Å². The number of morpholine rings is 1. The molecule has 0 radical (unpaired) electrons. The number of aromatic nitrogens is 2. The summed E-state index contributed by atoms with van der Waals surface area (Å²) in [6.45, 7) is 3.36. The number of ketones is 1. The molecule has 2 unspecified atom stereocenters. The number of rotatable bonds is 3. The number of hydrogen-bond donors (Lipinski definition) is 0. The number of hydrogen-bond acceptors (Lipinski definition) is 5. The van der Waals surface area contributed by atoms with Crippen LogP contribution in [0.3, 0.4) is 0 Å². The van der Waals surface area contributed by atoms with E-state index < -0.39 is 0 Å². The van der Waals surface area contributed by atoms with Crippen LogP contribution < -0.4 is 4.90 Å². The monoisotopic (exact) mass is 247 g/mol. The zero-order valence-corrected chi connectivity index (χ0v) is 10.5. The van der Waals surface area contributed by atoms with Gasteiger partial charge in [0, 0.05) is 18.8 Å². The molecule has 2 aliphatic heterocycles. The molecule has 5 heteroatoms. The van der Waals surface area contributed by atoms with E-state index in [0.717, 1.165) is 32.0 Å². The second kappa shape index (κ2) is 4.65. The van der Waals surface area contributed by atoms with Crippen LogP contribution in [0, 0.1) is 0 Å². The number of anilines is 1. The third kappa shape index (κ3) is 1.88. The first-order valence-electron chi connectivity index (χ1n) is 6.51. The number of carbonyl (C=O) groups excluding carboxylic acids is 1. The highest BCUT2D eigenvalue weighted by Gasteiger charge is 2.38. The topological polar surface area (TPSA) is 55.3 Å². The van der Waals surface area contributed by atoms with Crippen LogP contribution in [0.1, 0.15) is 36.5 Å². The summed E-state index contributed by atoms with van der Waals surface area (Å²) in [5, 5.41) is 0. The standard InChI is InChI=1S/C13H17N3O2/c1-2-12(17)9-5-14-13(15-6-9)16-10-3-4-11(16)8-18-7-10/h5-6,10-11H,2-4,7-8H2,1H3. The highest BCUT2D eigenvalue weighted by molar-refractivity contribution is 5.95. The maximum absolute atomic E-state index is 11.5. The lowest BCUT2D eigenvalue weighted by Gasteiger charge is -2.34. The Morgan fingerprint density at radius 1 is 1.33 bits per heavy atom. The summed E-state index contributed by atoms with van der Waals surface area (Å²) in [7, 11) is 0. The minimum atomic E-state index is 0.0894. The van der Waals surface area contributed by atoms with Gasteiger partial charge in [-0.15, -0.1) is 0 Å². The SMILES string of the molecule is CCC(=O)c1cnc(N2C3CCC2COC3)nc1. The van der Waals surface area contributed by atoms with Crippen LogP contribution in [0.4, 0.5) is 5.95 Å². The van der Waals surface area contributed by atoms with E-state index in [4.69, 9.17) is 4.74 Å². The fraction of sp³-hybridized carbons (Fsp3) is 0.615. The van der Waals surface area contributed by atoms with E-state index in [2.05, 4.69) is 14.9 Å². The molecule has 2 fully saturated rings. The lowest BCUT2D eigenvalue weighted by molar-refractivity contribution is 0.0897. The fourth-order valence-electron chi connectivity index (χ4n) is 2.76. The molecule has 0 amide bonds. The average molecular weight is 247 g/mol. The minimum absolute atomic E-state index is 0.0894. The van der Waals surface area contributed by atoms with Crippen LogP contribution >= 0.6 is 0 Å². The molecule has 18 heavy (non-hydrogen) atoms. The summed E-state index contributed by atoms with van der Waals surface area (Å²) in [4.78, 5) is 22.5. The number of ether oxygens (including phenoxy) is 1. The highest BCUT2D eigenvalue weighted by atomic mass is 16.5. The molecule has 2 atom stereocenters. The molecule has 2 aliphatic rings. The molecular weight excluding hydrogens is 230 g/mol. The molecular formula is C13H17N3O2. The second-order valence-corrected chi connectivity index (χ2v) is 4.88. The summed E-state index contributed by atoms with van der Waals surface area (Å²) in [5.74, 6) is 0.824. The van der Waals surface area contributed by atoms with Gasteiger partial charge in [0.15, 0.2) is 5.78 Å². The van der Waals surface area contributed by atoms with Gasteiger partial charge in [-0.2, -0.15) is 0 Å². The summed E-state index contributed by atoms with van der Waals surface area (Å²) in [6.07, 6.45) is 6.06. The van der Waals surface area contributed by atoms with E-state index in [1.54, 1.807) is 12.4 Å². The summed E-state index contributed by atoms with van der Waals surface area (Å²) in [5.41, 5.74) is 0.599. The van der Waals surface area contributed by atoms with Crippen molar-refractivity contribution >= 4 is 11.7 Å². The van der Waals surface area contributed by atoms with Crippen molar-refractivity contribution in [2.24, 2.45) is 0 Å². The maximum Gasteiger partial charge on any atom is 0.225 e. The van der Waals surface area contributed by atoms with Crippen LogP contribution in [0.25, 0.3) is 0 Å². The van der Waals surface area contributed by atoms with E-state index in [1.807, 2.05) is 6.92 Å². The van der Waals surface area contributed by atoms with Gasteiger partial charge in [0.05, 0.1) is 30.9 Å². The molecule has 0 saturated carbocycles. The van der Waals surface area contributed by atoms with E-state index in [1.165, 1.54) is 0 Å². The molecule has 0 spiro atoms. The van der Waals surface area contributed by atoms with Crippen LogP contribution in [0.15, 0.2) is 12.4 Å². The Morgan fingerprint density at radius 2 is 1.94 bits per heavy atom. The molecule has 96 valence electrons. The largest absolute Gasteiger partial charge is 0.377 e. The third-order valence-corrected chi connectivity index (χ3v) is 3.75. The number of fused-ring (bicyclic) bond motifs is 2. The predicted octanol–water partition coefficient (Wildman–Crippen LogP) is 1.44. The highest BCUT2D eigenvalue weighted by Crippen LogP contribution is 2.31. The Kier molecular flexibility index (Phi) is 2.99. The molecule has 2 bridgehead atoms. The Bertz CT molecular complexity index is 430. The second-order valence-electron chi connectivity index (χ2n) is 4.88.